The van der Waals surface area contributed by atoms with E-state index < -0.39 is 0 Å². The Hall–Kier alpha value is -2.07. The van der Waals surface area contributed by atoms with E-state index in [1.54, 1.807) is 0 Å². The van der Waals surface area contributed by atoms with Crippen LogP contribution in [-0.2, 0) is 0 Å². The highest BCUT2D eigenvalue weighted by molar-refractivity contribution is 8.08. The van der Waals surface area contributed by atoms with Gasteiger partial charge in [-0.25, -0.2) is 0 Å². The van der Waals surface area contributed by atoms with Gasteiger partial charge in [0, 0.05) is 11.3 Å². The molecule has 0 aliphatic carbocycles. The first-order valence-corrected chi connectivity index (χ1v) is 7.20. The smallest absolute Gasteiger partial charge is 0.259 e. The molecule has 2 aromatic rings. The molecule has 102 valence electrons. The van der Waals surface area contributed by atoms with Gasteiger partial charge in [-0.05, 0) is 17.7 Å². The van der Waals surface area contributed by atoms with Crippen LogP contribution in [0.2, 0.25) is 0 Å². The van der Waals surface area contributed by atoms with Crippen molar-refractivity contribution in [2.24, 2.45) is 0 Å². The Morgan fingerprint density at radius 2 is 1.60 bits per heavy atom. The van der Waals surface area contributed by atoms with Crippen LogP contribution in [0, 0.1) is 10.1 Å². The van der Waals surface area contributed by atoms with E-state index in [0.29, 0.717) is 11.3 Å². The third-order valence-corrected chi connectivity index (χ3v) is 4.00. The maximum Gasteiger partial charge on any atom is 0.260 e. The fourth-order valence-electron chi connectivity index (χ4n) is 1.85. The summed E-state index contributed by atoms with van der Waals surface area (Å²) in [5.74, 6) is 0. The molecule has 0 unspecified atom stereocenters. The molecular formula is C16H15NO2S. The SMILES string of the molecule is CCC(=C(Sc1ccccc1)c1ccccc1)[N+](=O)[O-]. The molecule has 4 heteroatoms. The van der Waals surface area contributed by atoms with E-state index in [1.165, 1.54) is 11.8 Å². The van der Waals surface area contributed by atoms with Gasteiger partial charge in [-0.1, -0.05) is 67.2 Å². The second-order valence-electron chi connectivity index (χ2n) is 4.17. The maximum absolute atomic E-state index is 11.3. The first-order valence-electron chi connectivity index (χ1n) is 6.38. The molecule has 0 heterocycles. The molecule has 3 nitrogen and oxygen atoms in total. The molecule has 0 atom stereocenters. The van der Waals surface area contributed by atoms with Crippen molar-refractivity contribution in [2.75, 3.05) is 0 Å². The number of hydrogen-bond acceptors (Lipinski definition) is 3. The van der Waals surface area contributed by atoms with Gasteiger partial charge in [-0.3, -0.25) is 10.1 Å². The number of allylic oxidation sites excluding steroid dienone is 1. The van der Waals surface area contributed by atoms with Crippen molar-refractivity contribution < 1.29 is 4.92 Å². The van der Waals surface area contributed by atoms with Gasteiger partial charge >= 0.3 is 0 Å². The van der Waals surface area contributed by atoms with Crippen LogP contribution < -0.4 is 0 Å². The lowest BCUT2D eigenvalue weighted by Crippen LogP contribution is -2.00. The molecule has 0 aliphatic heterocycles. The fraction of sp³-hybridized carbons (Fsp3) is 0.125. The van der Waals surface area contributed by atoms with Crippen molar-refractivity contribution >= 4 is 16.7 Å². The molecule has 2 rings (SSSR count). The number of thioether (sulfide) groups is 1. The van der Waals surface area contributed by atoms with Gasteiger partial charge in [0.05, 0.1) is 9.83 Å². The summed E-state index contributed by atoms with van der Waals surface area (Å²) in [6.45, 7) is 1.81. The summed E-state index contributed by atoms with van der Waals surface area (Å²) in [4.78, 5) is 12.7. The lowest BCUT2D eigenvalue weighted by molar-refractivity contribution is -0.426. The highest BCUT2D eigenvalue weighted by Crippen LogP contribution is 2.37. The lowest BCUT2D eigenvalue weighted by atomic mass is 10.1. The minimum Gasteiger partial charge on any atom is -0.259 e. The van der Waals surface area contributed by atoms with E-state index in [0.717, 1.165) is 10.5 Å². The zero-order chi connectivity index (χ0) is 14.4. The topological polar surface area (TPSA) is 43.1 Å². The van der Waals surface area contributed by atoms with Crippen LogP contribution in [0.3, 0.4) is 0 Å². The predicted octanol–water partition coefficient (Wildman–Crippen LogP) is 4.83. The van der Waals surface area contributed by atoms with Crippen LogP contribution in [0.25, 0.3) is 4.91 Å². The summed E-state index contributed by atoms with van der Waals surface area (Å²) in [6, 6.07) is 19.2. The van der Waals surface area contributed by atoms with Crippen LogP contribution in [0.15, 0.2) is 71.3 Å². The summed E-state index contributed by atoms with van der Waals surface area (Å²) < 4.78 is 0. The molecule has 0 fully saturated rings. The molecule has 0 saturated carbocycles. The molecule has 0 aromatic heterocycles. The number of rotatable bonds is 5. The molecular weight excluding hydrogens is 270 g/mol. The summed E-state index contributed by atoms with van der Waals surface area (Å²) in [5, 5.41) is 11.3. The van der Waals surface area contributed by atoms with Crippen LogP contribution in [0.1, 0.15) is 18.9 Å². The van der Waals surface area contributed by atoms with Gasteiger partial charge in [0.25, 0.3) is 5.70 Å². The zero-order valence-corrected chi connectivity index (χ0v) is 12.0. The second-order valence-corrected chi connectivity index (χ2v) is 5.25. The molecule has 0 aliphatic rings. The minimum atomic E-state index is -0.279. The average Bonchev–Trinajstić information content (AvgIpc) is 2.48. The number of hydrogen-bond donors (Lipinski definition) is 0. The monoisotopic (exact) mass is 285 g/mol. The molecule has 0 bridgehead atoms. The Morgan fingerprint density at radius 1 is 1.05 bits per heavy atom. The van der Waals surface area contributed by atoms with Gasteiger partial charge in [0.2, 0.25) is 0 Å². The van der Waals surface area contributed by atoms with Gasteiger partial charge in [0.1, 0.15) is 0 Å². The zero-order valence-electron chi connectivity index (χ0n) is 11.2. The first-order chi connectivity index (χ1) is 9.72. The highest BCUT2D eigenvalue weighted by Gasteiger charge is 2.19. The number of nitro groups is 1. The van der Waals surface area contributed by atoms with Crippen molar-refractivity contribution in [3.8, 4) is 0 Å². The van der Waals surface area contributed by atoms with E-state index in [1.807, 2.05) is 67.6 Å². The van der Waals surface area contributed by atoms with Crippen LogP contribution >= 0.6 is 11.8 Å². The molecule has 0 N–H and O–H groups in total. The van der Waals surface area contributed by atoms with Gasteiger partial charge in [-0.2, -0.15) is 0 Å². The molecule has 20 heavy (non-hydrogen) atoms. The Balaban J connectivity index is 2.48. The first kappa shape index (κ1) is 14.3. The fourth-order valence-corrected chi connectivity index (χ4v) is 2.97. The normalized spacial score (nSPS) is 11.8. The largest absolute Gasteiger partial charge is 0.260 e. The van der Waals surface area contributed by atoms with Gasteiger partial charge in [-0.15, -0.1) is 0 Å². The van der Waals surface area contributed by atoms with Crippen molar-refractivity contribution in [3.05, 3.63) is 82.0 Å². The van der Waals surface area contributed by atoms with Crippen molar-refractivity contribution in [2.45, 2.75) is 18.2 Å². The van der Waals surface area contributed by atoms with E-state index in [-0.39, 0.29) is 10.6 Å². The quantitative estimate of drug-likeness (QED) is 0.449. The molecule has 0 saturated heterocycles. The van der Waals surface area contributed by atoms with E-state index in [9.17, 15) is 10.1 Å². The summed E-state index contributed by atoms with van der Waals surface area (Å²) in [5.41, 5.74) is 1.14. The third kappa shape index (κ3) is 3.48. The molecule has 0 spiro atoms. The molecule has 0 radical (unpaired) electrons. The summed E-state index contributed by atoms with van der Waals surface area (Å²) in [7, 11) is 0. The van der Waals surface area contributed by atoms with Crippen molar-refractivity contribution in [1.29, 1.82) is 0 Å². The minimum absolute atomic E-state index is 0.255. The molecule has 0 amide bonds. The molecule has 2 aromatic carbocycles. The summed E-state index contributed by atoms with van der Waals surface area (Å²) >= 11 is 1.44. The van der Waals surface area contributed by atoms with Crippen molar-refractivity contribution in [3.63, 3.8) is 0 Å². The number of benzene rings is 2. The number of nitrogens with zero attached hydrogens (tertiary/aromatic N) is 1. The van der Waals surface area contributed by atoms with E-state index in [2.05, 4.69) is 0 Å². The standard InChI is InChI=1S/C16H15NO2S/c1-2-15(17(18)19)16(13-9-5-3-6-10-13)20-14-11-7-4-8-12-14/h3-12H,2H2,1H3. The second kappa shape index (κ2) is 6.91. The Morgan fingerprint density at radius 3 is 2.10 bits per heavy atom. The van der Waals surface area contributed by atoms with Crippen LogP contribution in [0.5, 0.6) is 0 Å². The third-order valence-electron chi connectivity index (χ3n) is 2.82. The van der Waals surface area contributed by atoms with Crippen LogP contribution in [0.4, 0.5) is 0 Å². The Labute approximate surface area is 122 Å². The maximum atomic E-state index is 11.3. The highest BCUT2D eigenvalue weighted by atomic mass is 32.2. The van der Waals surface area contributed by atoms with Gasteiger partial charge < -0.3 is 0 Å². The Bertz CT molecular complexity index is 609. The van der Waals surface area contributed by atoms with Gasteiger partial charge in [0.15, 0.2) is 0 Å². The van der Waals surface area contributed by atoms with E-state index >= 15 is 0 Å². The van der Waals surface area contributed by atoms with E-state index in [4.69, 9.17) is 0 Å². The Kier molecular flexibility index (Phi) is 4.96. The lowest BCUT2D eigenvalue weighted by Gasteiger charge is -2.08. The summed E-state index contributed by atoms with van der Waals surface area (Å²) in [6.07, 6.45) is 0.400. The van der Waals surface area contributed by atoms with Crippen molar-refractivity contribution in [1.82, 2.24) is 0 Å². The average molecular weight is 285 g/mol. The van der Waals surface area contributed by atoms with Crippen LogP contribution in [-0.4, -0.2) is 4.92 Å². The predicted molar refractivity (Wildman–Crippen MR) is 82.9 cm³/mol.